The molecule has 473 valence electrons. The zero-order valence-corrected chi connectivity index (χ0v) is 51.0. The second-order valence-corrected chi connectivity index (χ2v) is 24.3. The molecular weight excluding hydrogens is 1170 g/mol. The van der Waals surface area contributed by atoms with Gasteiger partial charge in [-0.2, -0.15) is 0 Å². The molecule has 0 aliphatic carbocycles. The summed E-state index contributed by atoms with van der Waals surface area (Å²) in [7, 11) is 0. The number of unbranched alkanes of at least 4 members (excludes halogenated alkanes) is 9. The maximum absolute atomic E-state index is 12.2. The predicted molar refractivity (Wildman–Crippen MR) is 336 cm³/mol. The van der Waals surface area contributed by atoms with Gasteiger partial charge < -0.3 is 66.0 Å². The molecule has 2 unspecified atom stereocenters. The van der Waals surface area contributed by atoms with Crippen LogP contribution in [0.1, 0.15) is 154 Å². The quantitative estimate of drug-likeness (QED) is 0.0102. The van der Waals surface area contributed by atoms with Crippen LogP contribution in [0.3, 0.4) is 0 Å². The number of carbonyl (C=O) groups is 7. The van der Waals surface area contributed by atoms with Crippen LogP contribution in [-0.4, -0.2) is 161 Å². The summed E-state index contributed by atoms with van der Waals surface area (Å²) in [6.07, 6.45) is 13.0. The number of nitrogens with one attached hydrogen (secondary N) is 1. The van der Waals surface area contributed by atoms with E-state index in [-0.39, 0.29) is 39.1 Å². The molecule has 6 aromatic rings. The van der Waals surface area contributed by atoms with Crippen molar-refractivity contribution in [1.82, 2.24) is 30.6 Å². The van der Waals surface area contributed by atoms with Crippen LogP contribution >= 0.6 is 34.0 Å². The molecular formula is C61H85BN9O13S3. The van der Waals surface area contributed by atoms with E-state index in [4.69, 9.17) is 30.8 Å². The van der Waals surface area contributed by atoms with Crippen molar-refractivity contribution in [2.24, 2.45) is 35.0 Å². The first kappa shape index (κ1) is 73.1. The number of aliphatic hydroxyl groups is 3. The molecule has 3 amide bonds. The van der Waals surface area contributed by atoms with Crippen molar-refractivity contribution < 1.29 is 62.5 Å². The average molecular weight is 1260 g/mol. The van der Waals surface area contributed by atoms with Gasteiger partial charge >= 0.3 is 0 Å². The molecule has 3 aliphatic heterocycles. The van der Waals surface area contributed by atoms with E-state index in [1.165, 1.54) is 0 Å². The third kappa shape index (κ3) is 24.6. The normalized spacial score (nSPS) is 19.3. The third-order valence-electron chi connectivity index (χ3n) is 15.0. The first-order valence-electron chi connectivity index (χ1n) is 29.2. The first-order chi connectivity index (χ1) is 41.1. The van der Waals surface area contributed by atoms with Gasteiger partial charge in [0.25, 0.3) is 0 Å². The largest absolute Gasteiger partial charge is 0.391 e. The highest BCUT2D eigenvalue weighted by Gasteiger charge is 2.32. The Hall–Kier alpha value is -6.36. The fourth-order valence-electron chi connectivity index (χ4n) is 10.1. The Kier molecular flexibility index (Phi) is 33.2. The fourth-order valence-corrected chi connectivity index (χ4v) is 12.1. The maximum Gasteiger partial charge on any atom is 0.223 e. The summed E-state index contributed by atoms with van der Waals surface area (Å²) in [6.45, 7) is 5.63. The summed E-state index contributed by atoms with van der Waals surface area (Å²) in [6, 6.07) is 16.7. The van der Waals surface area contributed by atoms with E-state index in [1.807, 2.05) is 52.5 Å². The molecule has 9 rings (SSSR count). The molecule has 22 nitrogen and oxygen atoms in total. The number of Topliss-reactive ketones (excluding diaryl/α,β-unsaturated/α-hetero) is 3. The zero-order chi connectivity index (χ0) is 60.9. The number of hydrogen-bond acceptors (Lipinski definition) is 22. The second kappa shape index (κ2) is 39.5. The number of thiophene rings is 3. The molecule has 0 aromatic carbocycles. The number of ketones is 3. The molecule has 0 saturated carbocycles. The summed E-state index contributed by atoms with van der Waals surface area (Å²) in [5.41, 5.74) is 16.8. The van der Waals surface area contributed by atoms with Gasteiger partial charge in [-0.3, -0.25) is 28.8 Å². The van der Waals surface area contributed by atoms with Gasteiger partial charge in [0.1, 0.15) is 23.4 Å². The van der Waals surface area contributed by atoms with E-state index in [2.05, 4.69) is 30.6 Å². The SMILES string of the molecule is C.NC(=O)C1CCNCC1O.NC(=O)[C@@H]1CCN(CCCCCCC(=O)c2cc(-c3cccs3)on2)C[C@@H]1O.NC(=O)[C@@H]1CCN(CCCCCCC(=O)c2cc(-c3cccs3)on2)C[C@H]1O.O=CCCCCCC(=O)c1cc(-c2cccs2)on1.[B]. The van der Waals surface area contributed by atoms with Gasteiger partial charge in [-0.1, -0.05) is 73.2 Å². The van der Waals surface area contributed by atoms with Gasteiger partial charge in [-0.05, 0) is 125 Å². The third-order valence-corrected chi connectivity index (χ3v) is 17.7. The van der Waals surface area contributed by atoms with Crippen LogP contribution in [0, 0.1) is 17.8 Å². The monoisotopic (exact) mass is 1260 g/mol. The van der Waals surface area contributed by atoms with Crippen molar-refractivity contribution in [2.75, 3.05) is 52.4 Å². The molecule has 3 saturated heterocycles. The number of amides is 3. The number of aldehydes is 1. The molecule has 6 atom stereocenters. The Bertz CT molecular complexity index is 2820. The molecule has 6 aromatic heterocycles. The minimum Gasteiger partial charge on any atom is -0.391 e. The van der Waals surface area contributed by atoms with Gasteiger partial charge in [0.2, 0.25) is 17.7 Å². The summed E-state index contributed by atoms with van der Waals surface area (Å²) in [4.78, 5) is 86.8. The van der Waals surface area contributed by atoms with Gasteiger partial charge in [0.15, 0.2) is 34.6 Å². The summed E-state index contributed by atoms with van der Waals surface area (Å²) < 4.78 is 15.7. The first-order valence-corrected chi connectivity index (χ1v) is 31.9. The lowest BCUT2D eigenvalue weighted by atomic mass is 9.93. The zero-order valence-electron chi connectivity index (χ0n) is 48.5. The summed E-state index contributed by atoms with van der Waals surface area (Å²) in [5.74, 6) is -0.448. The Morgan fingerprint density at radius 1 is 0.540 bits per heavy atom. The fraction of sp³-hybridized carbons (Fsp3) is 0.541. The number of aliphatic hydroxyl groups excluding tert-OH is 3. The van der Waals surface area contributed by atoms with Crippen LogP contribution in [0.5, 0.6) is 0 Å². The van der Waals surface area contributed by atoms with Crippen molar-refractivity contribution >= 4 is 83.8 Å². The van der Waals surface area contributed by atoms with Crippen molar-refractivity contribution in [1.29, 1.82) is 0 Å². The lowest BCUT2D eigenvalue weighted by molar-refractivity contribution is -0.129. The number of rotatable bonds is 29. The number of nitrogens with two attached hydrogens (primary N) is 3. The number of piperidine rings is 3. The molecule has 26 heteroatoms. The topological polar surface area (TPSA) is 355 Å². The Morgan fingerprint density at radius 3 is 1.21 bits per heavy atom. The van der Waals surface area contributed by atoms with Crippen LogP contribution in [0.25, 0.3) is 31.9 Å². The van der Waals surface area contributed by atoms with Crippen LogP contribution in [0.2, 0.25) is 0 Å². The average Bonchev–Trinajstić information content (AvgIpc) is 3.32. The number of β-amino-alcohol motifs (C(OH)–C–C–N with tert-alkyl or cyclic N) is 3. The van der Waals surface area contributed by atoms with Gasteiger partial charge in [0.05, 0.1) is 50.7 Å². The Morgan fingerprint density at radius 2 is 0.897 bits per heavy atom. The number of aromatic nitrogens is 3. The van der Waals surface area contributed by atoms with Gasteiger partial charge in [-0.25, -0.2) is 0 Å². The highest BCUT2D eigenvalue weighted by Crippen LogP contribution is 2.29. The van der Waals surface area contributed by atoms with Crippen molar-refractivity contribution in [3.05, 3.63) is 87.8 Å². The summed E-state index contributed by atoms with van der Waals surface area (Å²) in [5, 5.41) is 49.6. The number of likely N-dealkylation sites (tertiary alicyclic amines) is 2. The van der Waals surface area contributed by atoms with Crippen molar-refractivity contribution in [3.63, 3.8) is 0 Å². The molecule has 0 bridgehead atoms. The van der Waals surface area contributed by atoms with Crippen molar-refractivity contribution in [3.8, 4) is 31.9 Å². The van der Waals surface area contributed by atoms with Gasteiger partial charge in [0, 0.05) is 71.9 Å². The lowest BCUT2D eigenvalue weighted by Crippen LogP contribution is -2.48. The molecule has 10 N–H and O–H groups in total. The lowest BCUT2D eigenvalue weighted by Gasteiger charge is -2.34. The highest BCUT2D eigenvalue weighted by molar-refractivity contribution is 7.14. The highest BCUT2D eigenvalue weighted by atomic mass is 32.1. The van der Waals surface area contributed by atoms with Crippen LogP contribution < -0.4 is 22.5 Å². The van der Waals surface area contributed by atoms with Crippen LogP contribution in [0.15, 0.2) is 84.3 Å². The molecule has 0 spiro atoms. The number of primary amides is 3. The second-order valence-electron chi connectivity index (χ2n) is 21.4. The minimum absolute atomic E-state index is 0. The molecule has 3 fully saturated rings. The Balaban J connectivity index is 0.000000259. The number of hydrogen-bond donors (Lipinski definition) is 7. The molecule has 3 aliphatic rings. The van der Waals surface area contributed by atoms with E-state index in [0.29, 0.717) is 98.9 Å². The standard InChI is InChI=1S/2C20H27N3O4S.C14H15NO3S.C6H12N2O2.CH4.B/c2*21-20(26)14-8-10-23(13-17(14)25)9-4-2-1-3-6-16(24)15-12-18(27-22-15)19-7-5-11-28-19;16-8-4-2-1-3-6-12(17)11-10-13(18-15-11)14-7-5-9-19-14;7-6(10)4-1-2-8-3-5(4)9;;/h2*5,7,11-12,14,17,25H,1-4,6,8-10,13H2,(H2,21,26);5,7-10H,1-4,6H2;4-5,8-9H,1-3H2,(H2,7,10);1H4;/t14-,17+;14-,17-;;;;/m11..../s1. The van der Waals surface area contributed by atoms with Crippen LogP contribution in [-0.2, 0) is 19.2 Å². The molecule has 87 heavy (non-hydrogen) atoms. The van der Waals surface area contributed by atoms with E-state index in [9.17, 15) is 48.9 Å². The van der Waals surface area contributed by atoms with Gasteiger partial charge in [-0.15, -0.1) is 34.0 Å². The van der Waals surface area contributed by atoms with E-state index in [1.54, 1.807) is 52.2 Å². The molecule has 3 radical (unpaired) electrons. The predicted octanol–water partition coefficient (Wildman–Crippen LogP) is 7.84. The van der Waals surface area contributed by atoms with E-state index < -0.39 is 47.9 Å². The van der Waals surface area contributed by atoms with Crippen molar-refractivity contribution in [2.45, 2.75) is 141 Å². The number of nitrogens with zero attached hydrogens (tertiary/aromatic N) is 5. The maximum atomic E-state index is 12.2. The van der Waals surface area contributed by atoms with E-state index in [0.717, 1.165) is 124 Å². The van der Waals surface area contributed by atoms with Crippen LogP contribution in [0.4, 0.5) is 0 Å². The summed E-state index contributed by atoms with van der Waals surface area (Å²) >= 11 is 4.66. The minimum atomic E-state index is -0.662. The van der Waals surface area contributed by atoms with E-state index >= 15 is 0 Å². The number of carbonyl (C=O) groups excluding carboxylic acids is 7. The Labute approximate surface area is 522 Å². The molecule has 9 heterocycles. The smallest absolute Gasteiger partial charge is 0.223 e.